The molecule has 1 fully saturated rings. The normalized spacial score (nSPS) is 24.3. The van der Waals surface area contributed by atoms with E-state index < -0.39 is 9.84 Å². The van der Waals surface area contributed by atoms with Gasteiger partial charge in [-0.25, -0.2) is 8.42 Å². The van der Waals surface area contributed by atoms with Crippen molar-refractivity contribution in [3.8, 4) is 0 Å². The number of hydrogen-bond donors (Lipinski definition) is 1. The van der Waals surface area contributed by atoms with Crippen LogP contribution < -0.4 is 5.32 Å². The molecule has 0 saturated carbocycles. The van der Waals surface area contributed by atoms with E-state index in [1.165, 1.54) is 0 Å². The van der Waals surface area contributed by atoms with E-state index in [0.717, 1.165) is 5.33 Å². The molecule has 0 aromatic carbocycles. The third-order valence-corrected chi connectivity index (χ3v) is 5.99. The van der Waals surface area contributed by atoms with Gasteiger partial charge in [0.15, 0.2) is 9.84 Å². The van der Waals surface area contributed by atoms with E-state index >= 15 is 0 Å². The average Bonchev–Trinajstić information content (AvgIpc) is 2.55. The molecule has 0 radical (unpaired) electrons. The molecule has 1 aliphatic rings. The van der Waals surface area contributed by atoms with Gasteiger partial charge in [-0.1, -0.05) is 29.8 Å². The molecule has 16 heavy (non-hydrogen) atoms. The predicted molar refractivity (Wildman–Crippen MR) is 67.3 cm³/mol. The summed E-state index contributed by atoms with van der Waals surface area (Å²) in [5, 5.41) is 3.62. The van der Waals surface area contributed by atoms with Crippen LogP contribution in [0.1, 0.15) is 20.3 Å². The highest BCUT2D eigenvalue weighted by atomic mass is 79.9. The second-order valence-electron chi connectivity index (χ2n) is 5.12. The van der Waals surface area contributed by atoms with Crippen LogP contribution in [0.25, 0.3) is 0 Å². The van der Waals surface area contributed by atoms with Crippen LogP contribution in [0.3, 0.4) is 0 Å². The van der Waals surface area contributed by atoms with Crippen LogP contribution in [0, 0.1) is 11.3 Å². The molecule has 0 aromatic heterocycles. The molecule has 6 heteroatoms. The first-order chi connectivity index (χ1) is 7.26. The van der Waals surface area contributed by atoms with Crippen LogP contribution in [0.4, 0.5) is 0 Å². The van der Waals surface area contributed by atoms with Gasteiger partial charge in [-0.15, -0.1) is 0 Å². The average molecular weight is 312 g/mol. The number of hydrogen-bond acceptors (Lipinski definition) is 3. The van der Waals surface area contributed by atoms with Crippen LogP contribution in [0.2, 0.25) is 0 Å². The molecule has 0 aromatic rings. The minimum Gasteiger partial charge on any atom is -0.355 e. The first kappa shape index (κ1) is 14.0. The Morgan fingerprint density at radius 1 is 1.50 bits per heavy atom. The summed E-state index contributed by atoms with van der Waals surface area (Å²) >= 11 is 3.38. The van der Waals surface area contributed by atoms with Gasteiger partial charge in [0.25, 0.3) is 0 Å². The lowest BCUT2D eigenvalue weighted by Gasteiger charge is -2.22. The Balaban J connectivity index is 2.43. The molecule has 1 aliphatic heterocycles. The van der Waals surface area contributed by atoms with Crippen LogP contribution in [-0.2, 0) is 14.6 Å². The summed E-state index contributed by atoms with van der Waals surface area (Å²) in [6.45, 7) is 4.63. The molecule has 0 bridgehead atoms. The standard InChI is InChI=1S/C10H18BrNO3S/c1-10(2,6-11)7-12-9(13)8-3-4-16(14,15)5-8/h8H,3-7H2,1-2H3,(H,12,13). The Morgan fingerprint density at radius 2 is 2.12 bits per heavy atom. The molecule has 1 rings (SSSR count). The monoisotopic (exact) mass is 311 g/mol. The number of carbonyl (C=O) groups is 1. The van der Waals surface area contributed by atoms with Crippen molar-refractivity contribution in [2.24, 2.45) is 11.3 Å². The molecule has 1 heterocycles. The highest BCUT2D eigenvalue weighted by Gasteiger charge is 2.33. The van der Waals surface area contributed by atoms with Gasteiger partial charge < -0.3 is 5.32 Å². The molecule has 1 amide bonds. The van der Waals surface area contributed by atoms with Crippen molar-refractivity contribution < 1.29 is 13.2 Å². The van der Waals surface area contributed by atoms with E-state index in [1.807, 2.05) is 13.8 Å². The van der Waals surface area contributed by atoms with Gasteiger partial charge in [0.2, 0.25) is 5.91 Å². The molecular formula is C10H18BrNO3S. The van der Waals surface area contributed by atoms with E-state index in [1.54, 1.807) is 0 Å². The lowest BCUT2D eigenvalue weighted by atomic mass is 9.96. The van der Waals surface area contributed by atoms with Crippen LogP contribution in [-0.4, -0.2) is 37.7 Å². The zero-order valence-corrected chi connectivity index (χ0v) is 12.0. The van der Waals surface area contributed by atoms with Gasteiger partial charge >= 0.3 is 0 Å². The minimum absolute atomic E-state index is 0.00681. The van der Waals surface area contributed by atoms with Crippen LogP contribution >= 0.6 is 15.9 Å². The number of carbonyl (C=O) groups excluding carboxylic acids is 1. The van der Waals surface area contributed by atoms with E-state index in [4.69, 9.17) is 0 Å². The maximum absolute atomic E-state index is 11.7. The van der Waals surface area contributed by atoms with Crippen LogP contribution in [0.15, 0.2) is 0 Å². The Hall–Kier alpha value is -0.100. The van der Waals surface area contributed by atoms with Crippen molar-refractivity contribution in [1.82, 2.24) is 5.32 Å². The third-order valence-electron chi connectivity index (χ3n) is 2.71. The number of rotatable bonds is 4. The van der Waals surface area contributed by atoms with E-state index in [2.05, 4.69) is 21.2 Å². The molecule has 1 unspecified atom stereocenters. The molecular weight excluding hydrogens is 294 g/mol. The zero-order chi connectivity index (χ0) is 12.4. The summed E-state index contributed by atoms with van der Waals surface area (Å²) in [4.78, 5) is 11.7. The maximum Gasteiger partial charge on any atom is 0.224 e. The van der Waals surface area contributed by atoms with Gasteiger partial charge in [0.05, 0.1) is 17.4 Å². The van der Waals surface area contributed by atoms with Crippen LogP contribution in [0.5, 0.6) is 0 Å². The lowest BCUT2D eigenvalue weighted by molar-refractivity contribution is -0.124. The lowest BCUT2D eigenvalue weighted by Crippen LogP contribution is -2.38. The summed E-state index contributed by atoms with van der Waals surface area (Å²) < 4.78 is 22.4. The number of amides is 1. The van der Waals surface area contributed by atoms with Gasteiger partial charge in [-0.05, 0) is 11.8 Å². The van der Waals surface area contributed by atoms with E-state index in [9.17, 15) is 13.2 Å². The Morgan fingerprint density at radius 3 is 2.56 bits per heavy atom. The van der Waals surface area contributed by atoms with Crippen molar-refractivity contribution in [3.05, 3.63) is 0 Å². The smallest absolute Gasteiger partial charge is 0.224 e. The second kappa shape index (κ2) is 5.04. The summed E-state index contributed by atoms with van der Waals surface area (Å²) in [5.74, 6) is -0.327. The molecule has 1 atom stereocenters. The fourth-order valence-corrected chi connectivity index (χ4v) is 3.46. The maximum atomic E-state index is 11.7. The third kappa shape index (κ3) is 4.05. The van der Waals surface area contributed by atoms with Gasteiger partial charge in [-0.3, -0.25) is 4.79 Å². The van der Waals surface area contributed by atoms with E-state index in [0.29, 0.717) is 13.0 Å². The first-order valence-electron chi connectivity index (χ1n) is 5.30. The first-order valence-corrected chi connectivity index (χ1v) is 8.24. The number of halogens is 1. The molecule has 1 N–H and O–H groups in total. The second-order valence-corrected chi connectivity index (χ2v) is 7.91. The predicted octanol–water partition coefficient (Wildman–Crippen LogP) is 0.958. The summed E-state index contributed by atoms with van der Waals surface area (Å²) in [5.41, 5.74) is -0.00681. The molecule has 0 spiro atoms. The fourth-order valence-electron chi connectivity index (χ4n) is 1.52. The SMILES string of the molecule is CC(C)(CBr)CNC(=O)C1CCS(=O)(=O)C1. The fraction of sp³-hybridized carbons (Fsp3) is 0.900. The molecule has 4 nitrogen and oxygen atoms in total. The number of sulfone groups is 1. The number of alkyl halides is 1. The van der Waals surface area contributed by atoms with Gasteiger partial charge in [-0.2, -0.15) is 0 Å². The molecule has 94 valence electrons. The topological polar surface area (TPSA) is 63.2 Å². The van der Waals surface area contributed by atoms with E-state index in [-0.39, 0.29) is 28.7 Å². The van der Waals surface area contributed by atoms with Crippen molar-refractivity contribution in [2.45, 2.75) is 20.3 Å². The van der Waals surface area contributed by atoms with Crippen molar-refractivity contribution in [3.63, 3.8) is 0 Å². The number of nitrogens with one attached hydrogen (secondary N) is 1. The van der Waals surface area contributed by atoms with Crippen molar-refractivity contribution in [1.29, 1.82) is 0 Å². The highest BCUT2D eigenvalue weighted by Crippen LogP contribution is 2.20. The largest absolute Gasteiger partial charge is 0.355 e. The van der Waals surface area contributed by atoms with Gasteiger partial charge in [0.1, 0.15) is 0 Å². The Kier molecular flexibility index (Phi) is 4.40. The minimum atomic E-state index is -2.97. The molecule has 0 aliphatic carbocycles. The molecule has 1 saturated heterocycles. The van der Waals surface area contributed by atoms with Gasteiger partial charge in [0, 0.05) is 11.9 Å². The quantitative estimate of drug-likeness (QED) is 0.787. The Labute approximate surface area is 105 Å². The summed E-state index contributed by atoms with van der Waals surface area (Å²) in [7, 11) is -2.97. The highest BCUT2D eigenvalue weighted by molar-refractivity contribution is 9.09. The summed E-state index contributed by atoms with van der Waals surface area (Å²) in [6, 6.07) is 0. The zero-order valence-electron chi connectivity index (χ0n) is 9.62. The Bertz CT molecular complexity index is 364. The summed E-state index contributed by atoms with van der Waals surface area (Å²) in [6.07, 6.45) is 0.461. The van der Waals surface area contributed by atoms with Crippen molar-refractivity contribution in [2.75, 3.05) is 23.4 Å². The van der Waals surface area contributed by atoms with Crippen molar-refractivity contribution >= 4 is 31.7 Å².